The number of benzene rings is 3. The minimum absolute atomic E-state index is 0.0101. The second-order valence-electron chi connectivity index (χ2n) is 10.4. The van der Waals surface area contributed by atoms with Crippen molar-refractivity contribution in [2.75, 3.05) is 37.2 Å². The van der Waals surface area contributed by atoms with Crippen LogP contribution in [0.1, 0.15) is 11.3 Å². The number of para-hydroxylation sites is 1. The van der Waals surface area contributed by atoms with Crippen LogP contribution in [0.2, 0.25) is 0 Å². The lowest BCUT2D eigenvalue weighted by molar-refractivity contribution is -0.127. The van der Waals surface area contributed by atoms with Crippen LogP contribution in [0.4, 0.5) is 16.2 Å². The summed E-state index contributed by atoms with van der Waals surface area (Å²) in [6.45, 7) is 2.40. The molecule has 4 heterocycles. The molecule has 13 heteroatoms. The highest BCUT2D eigenvalue weighted by Gasteiger charge is 2.37. The molecule has 3 aliphatic rings. The molecule has 4 amide bonds. The summed E-state index contributed by atoms with van der Waals surface area (Å²) in [5.74, 6) is 0.914. The van der Waals surface area contributed by atoms with Gasteiger partial charge in [-0.25, -0.2) is 0 Å². The predicted octanol–water partition coefficient (Wildman–Crippen LogP) is 4.76. The van der Waals surface area contributed by atoms with E-state index in [0.29, 0.717) is 53.2 Å². The molecular weight excluding hydrogens is 600 g/mol. The normalized spacial score (nSPS) is 16.0. The number of thioether (sulfide) groups is 1. The number of fused-ring (bicyclic) bond motifs is 3. The van der Waals surface area contributed by atoms with E-state index in [0.717, 1.165) is 33.3 Å². The topological polar surface area (TPSA) is 137 Å². The minimum Gasteiger partial charge on any atom is -0.486 e. The number of carbonyl (C=O) groups excluding carboxylic acids is 4. The molecule has 45 heavy (non-hydrogen) atoms. The van der Waals surface area contributed by atoms with E-state index >= 15 is 0 Å². The van der Waals surface area contributed by atoms with Gasteiger partial charge in [0.15, 0.2) is 23.0 Å². The van der Waals surface area contributed by atoms with Crippen LogP contribution in [0.25, 0.3) is 17.0 Å². The Morgan fingerprint density at radius 2 is 1.44 bits per heavy atom. The average molecular weight is 627 g/mol. The highest BCUT2D eigenvalue weighted by Crippen LogP contribution is 2.37. The zero-order valence-corrected chi connectivity index (χ0v) is 24.8. The van der Waals surface area contributed by atoms with Crippen LogP contribution in [-0.2, 0) is 20.9 Å². The fourth-order valence-electron chi connectivity index (χ4n) is 5.39. The van der Waals surface area contributed by atoms with Gasteiger partial charge in [0.2, 0.25) is 18.6 Å². The lowest BCUT2D eigenvalue weighted by Gasteiger charge is -2.19. The molecular formula is C32H26N4O8S. The first-order chi connectivity index (χ1) is 21.8. The number of nitrogens with one attached hydrogen (secondary N) is 2. The molecule has 7 rings (SSSR count). The summed E-state index contributed by atoms with van der Waals surface area (Å²) in [4.78, 5) is 53.2. The average Bonchev–Trinajstić information content (AvgIpc) is 3.68. The van der Waals surface area contributed by atoms with Crippen molar-refractivity contribution in [3.63, 3.8) is 0 Å². The van der Waals surface area contributed by atoms with Crippen LogP contribution in [0.3, 0.4) is 0 Å². The molecule has 0 saturated carbocycles. The van der Waals surface area contributed by atoms with Gasteiger partial charge in [0.05, 0.1) is 4.91 Å². The van der Waals surface area contributed by atoms with E-state index in [2.05, 4.69) is 10.6 Å². The summed E-state index contributed by atoms with van der Waals surface area (Å²) in [6.07, 6.45) is 1.65. The SMILES string of the molecule is Cc1c(/C=C2\SC(=O)N(CC(=O)Nc3ccc4c(c3)OCCO4)C2=O)c2ccccc2n1CC(=O)Nc1ccc2c(c1)OCO2. The fraction of sp³-hybridized carbons (Fsp3) is 0.188. The molecule has 228 valence electrons. The quantitative estimate of drug-likeness (QED) is 0.278. The predicted molar refractivity (Wildman–Crippen MR) is 167 cm³/mol. The number of imide groups is 1. The molecule has 4 aromatic rings. The van der Waals surface area contributed by atoms with Crippen LogP contribution in [0.15, 0.2) is 65.6 Å². The molecule has 0 aliphatic carbocycles. The number of rotatable bonds is 7. The monoisotopic (exact) mass is 626 g/mol. The van der Waals surface area contributed by atoms with E-state index in [9.17, 15) is 19.2 Å². The van der Waals surface area contributed by atoms with Gasteiger partial charge in [-0.3, -0.25) is 24.1 Å². The lowest BCUT2D eigenvalue weighted by Crippen LogP contribution is -2.36. The largest absolute Gasteiger partial charge is 0.486 e. The molecule has 2 N–H and O–H groups in total. The van der Waals surface area contributed by atoms with Gasteiger partial charge in [-0.1, -0.05) is 18.2 Å². The number of carbonyl (C=O) groups is 4. The third-order valence-corrected chi connectivity index (χ3v) is 8.42. The number of anilines is 2. The number of ether oxygens (including phenoxy) is 4. The zero-order valence-electron chi connectivity index (χ0n) is 24.0. The van der Waals surface area contributed by atoms with Crippen LogP contribution in [-0.4, -0.2) is 59.0 Å². The van der Waals surface area contributed by atoms with Crippen molar-refractivity contribution in [1.29, 1.82) is 0 Å². The number of nitrogens with zero attached hydrogens (tertiary/aromatic N) is 2. The number of aromatic nitrogens is 1. The molecule has 3 aliphatic heterocycles. The van der Waals surface area contributed by atoms with Gasteiger partial charge in [0, 0.05) is 45.7 Å². The van der Waals surface area contributed by atoms with E-state index in [1.165, 1.54) is 0 Å². The molecule has 0 unspecified atom stereocenters. The third-order valence-electron chi connectivity index (χ3n) is 7.51. The maximum Gasteiger partial charge on any atom is 0.294 e. The Bertz CT molecular complexity index is 1930. The highest BCUT2D eigenvalue weighted by atomic mass is 32.2. The van der Waals surface area contributed by atoms with Crippen LogP contribution in [0, 0.1) is 6.92 Å². The first-order valence-electron chi connectivity index (χ1n) is 14.1. The van der Waals surface area contributed by atoms with Gasteiger partial charge < -0.3 is 34.1 Å². The fourth-order valence-corrected chi connectivity index (χ4v) is 6.21. The molecule has 0 bridgehead atoms. The molecule has 3 aromatic carbocycles. The second-order valence-corrected chi connectivity index (χ2v) is 11.4. The molecule has 12 nitrogen and oxygen atoms in total. The maximum atomic E-state index is 13.3. The number of hydrogen-bond acceptors (Lipinski definition) is 9. The van der Waals surface area contributed by atoms with Crippen molar-refractivity contribution in [1.82, 2.24) is 9.47 Å². The summed E-state index contributed by atoms with van der Waals surface area (Å²) >= 11 is 0.767. The molecule has 1 fully saturated rings. The molecule has 0 atom stereocenters. The van der Waals surface area contributed by atoms with E-state index < -0.39 is 23.6 Å². The van der Waals surface area contributed by atoms with Crippen molar-refractivity contribution in [2.24, 2.45) is 0 Å². The van der Waals surface area contributed by atoms with Crippen molar-refractivity contribution in [3.05, 3.63) is 76.8 Å². The Morgan fingerprint density at radius 1 is 0.822 bits per heavy atom. The van der Waals surface area contributed by atoms with E-state index in [-0.39, 0.29) is 24.2 Å². The van der Waals surface area contributed by atoms with Crippen molar-refractivity contribution in [2.45, 2.75) is 13.5 Å². The number of amides is 4. The van der Waals surface area contributed by atoms with Gasteiger partial charge in [0.25, 0.3) is 11.1 Å². The Kier molecular flexibility index (Phi) is 7.29. The summed E-state index contributed by atoms with van der Waals surface area (Å²) in [5, 5.41) is 5.86. The second kappa shape index (κ2) is 11.6. The first kappa shape index (κ1) is 28.3. The maximum absolute atomic E-state index is 13.3. The van der Waals surface area contributed by atoms with Crippen molar-refractivity contribution in [3.8, 4) is 23.0 Å². The van der Waals surface area contributed by atoms with E-state index in [1.54, 1.807) is 42.5 Å². The van der Waals surface area contributed by atoms with Crippen LogP contribution < -0.4 is 29.6 Å². The summed E-state index contributed by atoms with van der Waals surface area (Å²) in [7, 11) is 0. The Balaban J connectivity index is 1.08. The van der Waals surface area contributed by atoms with Crippen molar-refractivity contribution < 1.29 is 38.1 Å². The van der Waals surface area contributed by atoms with Crippen molar-refractivity contribution >= 4 is 63.1 Å². The van der Waals surface area contributed by atoms with Crippen LogP contribution in [0.5, 0.6) is 23.0 Å². The Morgan fingerprint density at radius 3 is 2.20 bits per heavy atom. The highest BCUT2D eigenvalue weighted by molar-refractivity contribution is 8.18. The Labute approximate surface area is 260 Å². The molecule has 1 saturated heterocycles. The summed E-state index contributed by atoms with van der Waals surface area (Å²) in [5.41, 5.74) is 3.26. The van der Waals surface area contributed by atoms with Crippen LogP contribution >= 0.6 is 11.8 Å². The first-order valence-corrected chi connectivity index (χ1v) is 14.9. The standard InChI is InChI=1S/C32H26N4O8S/c1-18-22(21-4-2-3-5-23(21)35(18)15-29(37)33-20-7-9-25-27(13-20)44-17-43-25)14-28-31(39)36(32(40)45-28)16-30(38)34-19-6-8-24-26(12-19)42-11-10-41-24/h2-9,12-14H,10-11,15-17H2,1H3,(H,33,37)(H,34,38)/b28-14-. The third kappa shape index (κ3) is 5.53. The lowest BCUT2D eigenvalue weighted by atomic mass is 10.1. The molecule has 0 spiro atoms. The smallest absolute Gasteiger partial charge is 0.294 e. The minimum atomic E-state index is -0.570. The zero-order chi connectivity index (χ0) is 31.1. The van der Waals surface area contributed by atoms with Gasteiger partial charge in [-0.05, 0) is 55.1 Å². The number of hydrogen-bond donors (Lipinski definition) is 2. The van der Waals surface area contributed by atoms with Gasteiger partial charge in [-0.2, -0.15) is 0 Å². The van der Waals surface area contributed by atoms with Gasteiger partial charge >= 0.3 is 0 Å². The summed E-state index contributed by atoms with van der Waals surface area (Å²) in [6, 6.07) is 17.7. The molecule has 1 aromatic heterocycles. The molecule has 0 radical (unpaired) electrons. The van der Waals surface area contributed by atoms with E-state index in [4.69, 9.17) is 18.9 Å². The van der Waals surface area contributed by atoms with E-state index in [1.807, 2.05) is 35.8 Å². The Hall–Kier alpha value is -5.43. The van der Waals surface area contributed by atoms with Gasteiger partial charge in [0.1, 0.15) is 26.3 Å². The summed E-state index contributed by atoms with van der Waals surface area (Å²) < 4.78 is 23.6. The van der Waals surface area contributed by atoms with Gasteiger partial charge in [-0.15, -0.1) is 0 Å².